The third-order valence-electron chi connectivity index (χ3n) is 4.72. The summed E-state index contributed by atoms with van der Waals surface area (Å²) in [6, 6.07) is 6.30. The molecule has 1 aliphatic rings. The number of rotatable bonds is 4. The number of alkyl halides is 3. The standard InChI is InChI=1S/C20H23F3N4O/c1-13-11-17(27-19(24-13)26-15-8-4-2-3-5-9-15)18(28)25-16-10-6-7-14(12-16)20(21,22)23/h6-7,10-12,15H,2-5,8-9H2,1H3,(H,25,28)(H,24,26,27). The van der Waals surface area contributed by atoms with Crippen LogP contribution in [0, 0.1) is 6.92 Å². The van der Waals surface area contributed by atoms with Crippen molar-refractivity contribution in [2.24, 2.45) is 0 Å². The fourth-order valence-electron chi connectivity index (χ4n) is 3.32. The summed E-state index contributed by atoms with van der Waals surface area (Å²) in [6.45, 7) is 1.75. The lowest BCUT2D eigenvalue weighted by molar-refractivity contribution is -0.137. The van der Waals surface area contributed by atoms with Crippen LogP contribution in [0.4, 0.5) is 24.8 Å². The van der Waals surface area contributed by atoms with Crippen LogP contribution in [0.15, 0.2) is 30.3 Å². The number of nitrogens with one attached hydrogen (secondary N) is 2. The van der Waals surface area contributed by atoms with E-state index >= 15 is 0 Å². The molecule has 1 aromatic heterocycles. The Morgan fingerprint density at radius 1 is 1.07 bits per heavy atom. The number of benzene rings is 1. The van der Waals surface area contributed by atoms with E-state index in [1.165, 1.54) is 31.0 Å². The minimum absolute atomic E-state index is 0.0642. The highest BCUT2D eigenvalue weighted by atomic mass is 19.4. The summed E-state index contributed by atoms with van der Waals surface area (Å²) in [4.78, 5) is 21.1. The Balaban J connectivity index is 1.74. The maximum Gasteiger partial charge on any atom is 0.416 e. The molecule has 150 valence electrons. The van der Waals surface area contributed by atoms with Crippen molar-refractivity contribution >= 4 is 17.5 Å². The molecule has 2 aromatic rings. The molecule has 1 amide bonds. The Bertz CT molecular complexity index is 830. The molecular formula is C20H23F3N4O. The van der Waals surface area contributed by atoms with Crippen molar-refractivity contribution in [3.8, 4) is 0 Å². The van der Waals surface area contributed by atoms with Crippen LogP contribution in [0.1, 0.15) is 60.3 Å². The largest absolute Gasteiger partial charge is 0.416 e. The monoisotopic (exact) mass is 392 g/mol. The number of aryl methyl sites for hydroxylation is 1. The highest BCUT2D eigenvalue weighted by Crippen LogP contribution is 2.30. The average molecular weight is 392 g/mol. The molecule has 1 saturated carbocycles. The second-order valence-corrected chi connectivity index (χ2v) is 7.08. The van der Waals surface area contributed by atoms with Crippen molar-refractivity contribution in [2.75, 3.05) is 10.6 Å². The van der Waals surface area contributed by atoms with Gasteiger partial charge in [0.15, 0.2) is 0 Å². The van der Waals surface area contributed by atoms with Gasteiger partial charge in [-0.05, 0) is 44.0 Å². The first-order valence-electron chi connectivity index (χ1n) is 9.42. The van der Waals surface area contributed by atoms with Crippen LogP contribution in [0.25, 0.3) is 0 Å². The van der Waals surface area contributed by atoms with Gasteiger partial charge in [0.25, 0.3) is 5.91 Å². The van der Waals surface area contributed by atoms with E-state index < -0.39 is 17.6 Å². The molecule has 0 unspecified atom stereocenters. The summed E-state index contributed by atoms with van der Waals surface area (Å²) in [5, 5.41) is 5.78. The highest BCUT2D eigenvalue weighted by Gasteiger charge is 2.30. The van der Waals surface area contributed by atoms with E-state index in [-0.39, 0.29) is 17.4 Å². The van der Waals surface area contributed by atoms with Gasteiger partial charge in [0.1, 0.15) is 5.69 Å². The third kappa shape index (κ3) is 5.43. The van der Waals surface area contributed by atoms with Crippen molar-refractivity contribution in [1.82, 2.24) is 9.97 Å². The number of amides is 1. The molecule has 0 aliphatic heterocycles. The molecule has 0 spiro atoms. The SMILES string of the molecule is Cc1cc(C(=O)Nc2cccc(C(F)(F)F)c2)nc(NC2CCCCCC2)n1. The zero-order valence-electron chi connectivity index (χ0n) is 15.6. The molecule has 5 nitrogen and oxygen atoms in total. The highest BCUT2D eigenvalue weighted by molar-refractivity contribution is 6.03. The number of carbonyl (C=O) groups excluding carboxylic acids is 1. The smallest absolute Gasteiger partial charge is 0.351 e. The Morgan fingerprint density at radius 3 is 2.46 bits per heavy atom. The number of nitrogens with zero attached hydrogens (tertiary/aromatic N) is 2. The van der Waals surface area contributed by atoms with Gasteiger partial charge < -0.3 is 10.6 Å². The molecule has 1 aromatic carbocycles. The van der Waals surface area contributed by atoms with Gasteiger partial charge in [0.2, 0.25) is 5.95 Å². The van der Waals surface area contributed by atoms with E-state index in [0.717, 1.165) is 37.8 Å². The van der Waals surface area contributed by atoms with Gasteiger partial charge in [-0.25, -0.2) is 9.97 Å². The summed E-state index contributed by atoms with van der Waals surface area (Å²) in [5.74, 6) is -0.199. The lowest BCUT2D eigenvalue weighted by atomic mass is 10.1. The number of halogens is 3. The number of carbonyl (C=O) groups is 1. The first-order chi connectivity index (χ1) is 13.3. The first-order valence-corrected chi connectivity index (χ1v) is 9.42. The summed E-state index contributed by atoms with van der Waals surface area (Å²) < 4.78 is 38.5. The van der Waals surface area contributed by atoms with Crippen molar-refractivity contribution in [3.05, 3.63) is 47.3 Å². The fourth-order valence-corrected chi connectivity index (χ4v) is 3.32. The third-order valence-corrected chi connectivity index (χ3v) is 4.72. The van der Waals surface area contributed by atoms with Crippen molar-refractivity contribution in [3.63, 3.8) is 0 Å². The predicted molar refractivity (Wildman–Crippen MR) is 101 cm³/mol. The topological polar surface area (TPSA) is 66.9 Å². The number of aromatic nitrogens is 2. The molecule has 0 saturated heterocycles. The van der Waals surface area contributed by atoms with Crippen LogP contribution < -0.4 is 10.6 Å². The van der Waals surface area contributed by atoms with E-state index in [2.05, 4.69) is 20.6 Å². The fraction of sp³-hybridized carbons (Fsp3) is 0.450. The molecule has 28 heavy (non-hydrogen) atoms. The van der Waals surface area contributed by atoms with Crippen LogP contribution in [-0.4, -0.2) is 21.9 Å². The van der Waals surface area contributed by atoms with Gasteiger partial charge in [0, 0.05) is 17.4 Å². The zero-order chi connectivity index (χ0) is 20.1. The van der Waals surface area contributed by atoms with E-state index in [4.69, 9.17) is 0 Å². The van der Waals surface area contributed by atoms with Crippen LogP contribution in [0.3, 0.4) is 0 Å². The molecule has 0 bridgehead atoms. The summed E-state index contributed by atoms with van der Waals surface area (Å²) in [7, 11) is 0. The molecule has 3 rings (SSSR count). The molecule has 1 aliphatic carbocycles. The van der Waals surface area contributed by atoms with Crippen molar-refractivity contribution < 1.29 is 18.0 Å². The lowest BCUT2D eigenvalue weighted by Gasteiger charge is -2.17. The number of hydrogen-bond donors (Lipinski definition) is 2. The molecular weight excluding hydrogens is 369 g/mol. The van der Waals surface area contributed by atoms with Gasteiger partial charge in [-0.15, -0.1) is 0 Å². The van der Waals surface area contributed by atoms with Crippen LogP contribution in [0.5, 0.6) is 0 Å². The summed E-state index contributed by atoms with van der Waals surface area (Å²) in [5.41, 5.74) is -0.0318. The Kier molecular flexibility index (Phi) is 6.16. The second-order valence-electron chi connectivity index (χ2n) is 7.08. The Hall–Kier alpha value is -2.64. The van der Waals surface area contributed by atoms with Crippen LogP contribution >= 0.6 is 0 Å². The van der Waals surface area contributed by atoms with Gasteiger partial charge in [-0.3, -0.25) is 4.79 Å². The first kappa shape index (κ1) is 20.1. The maximum atomic E-state index is 12.8. The normalized spacial score (nSPS) is 15.7. The number of hydrogen-bond acceptors (Lipinski definition) is 4. The summed E-state index contributed by atoms with van der Waals surface area (Å²) >= 11 is 0. The predicted octanol–water partition coefficient (Wildman–Crippen LogP) is 5.19. The number of anilines is 2. The van der Waals surface area contributed by atoms with Gasteiger partial charge in [-0.2, -0.15) is 13.2 Å². The molecule has 0 radical (unpaired) electrons. The van der Waals surface area contributed by atoms with E-state index in [0.29, 0.717) is 11.6 Å². The lowest BCUT2D eigenvalue weighted by Crippen LogP contribution is -2.22. The average Bonchev–Trinajstić information content (AvgIpc) is 2.89. The minimum atomic E-state index is -4.47. The molecule has 1 fully saturated rings. The minimum Gasteiger partial charge on any atom is -0.351 e. The quantitative estimate of drug-likeness (QED) is 0.703. The van der Waals surface area contributed by atoms with Crippen LogP contribution in [-0.2, 0) is 6.18 Å². The van der Waals surface area contributed by atoms with E-state index in [9.17, 15) is 18.0 Å². The van der Waals surface area contributed by atoms with E-state index in [1.807, 2.05) is 0 Å². The summed E-state index contributed by atoms with van der Waals surface area (Å²) in [6.07, 6.45) is 2.32. The van der Waals surface area contributed by atoms with Crippen LogP contribution in [0.2, 0.25) is 0 Å². The van der Waals surface area contributed by atoms with Crippen molar-refractivity contribution in [1.29, 1.82) is 0 Å². The Labute approximate surface area is 161 Å². The zero-order valence-corrected chi connectivity index (χ0v) is 15.6. The molecule has 2 N–H and O–H groups in total. The molecule has 8 heteroatoms. The van der Waals surface area contributed by atoms with Gasteiger partial charge in [0.05, 0.1) is 5.56 Å². The molecule has 1 heterocycles. The van der Waals surface area contributed by atoms with Gasteiger partial charge >= 0.3 is 6.18 Å². The van der Waals surface area contributed by atoms with E-state index in [1.54, 1.807) is 6.92 Å². The molecule has 0 atom stereocenters. The maximum absolute atomic E-state index is 12.8. The van der Waals surface area contributed by atoms with Gasteiger partial charge in [-0.1, -0.05) is 31.7 Å². The van der Waals surface area contributed by atoms with Crippen molar-refractivity contribution in [2.45, 2.75) is 57.7 Å². The Morgan fingerprint density at radius 2 is 1.79 bits per heavy atom. The second kappa shape index (κ2) is 8.58.